The molecule has 21 heavy (non-hydrogen) atoms. The van der Waals surface area contributed by atoms with Gasteiger partial charge in [0, 0.05) is 31.2 Å². The van der Waals surface area contributed by atoms with E-state index >= 15 is 0 Å². The van der Waals surface area contributed by atoms with Gasteiger partial charge in [-0.2, -0.15) is 0 Å². The Morgan fingerprint density at radius 2 is 2.10 bits per heavy atom. The molecule has 2 heterocycles. The van der Waals surface area contributed by atoms with Crippen LogP contribution in [0.3, 0.4) is 0 Å². The fourth-order valence-corrected chi connectivity index (χ4v) is 2.66. The molecule has 1 aliphatic heterocycles. The second kappa shape index (κ2) is 5.33. The summed E-state index contributed by atoms with van der Waals surface area (Å²) in [6, 6.07) is 8.57. The number of rotatable bonds is 1. The number of nitrogens with zero attached hydrogens (tertiary/aromatic N) is 1. The third-order valence-electron chi connectivity index (χ3n) is 3.87. The lowest BCUT2D eigenvalue weighted by atomic mass is 10.1. The van der Waals surface area contributed by atoms with Gasteiger partial charge < -0.3 is 14.6 Å². The minimum Gasteiger partial charge on any atom is -0.451 e. The Hall–Kier alpha value is -2.14. The number of amides is 1. The summed E-state index contributed by atoms with van der Waals surface area (Å²) in [5.74, 6) is -0.113. The largest absolute Gasteiger partial charge is 0.451 e. The van der Waals surface area contributed by atoms with E-state index in [1.807, 2.05) is 13.8 Å². The van der Waals surface area contributed by atoms with Crippen molar-refractivity contribution in [2.24, 2.45) is 0 Å². The number of nitrogens with one attached hydrogen (secondary N) is 1. The van der Waals surface area contributed by atoms with Gasteiger partial charge in [0.2, 0.25) is 0 Å². The third-order valence-corrected chi connectivity index (χ3v) is 3.87. The molecule has 1 fully saturated rings. The standard InChI is InChI=1S/C16H18N2O3/c1-10-9-18(11(2)8-17-10)16(20)15-7-13(19)12-5-3-4-6-14(12)21-15/h3-7,10-11,17H,8-9H2,1-2H3. The highest BCUT2D eigenvalue weighted by Crippen LogP contribution is 2.16. The summed E-state index contributed by atoms with van der Waals surface area (Å²) in [4.78, 5) is 26.5. The van der Waals surface area contributed by atoms with Crippen LogP contribution in [0.1, 0.15) is 24.4 Å². The van der Waals surface area contributed by atoms with Crippen LogP contribution in [-0.4, -0.2) is 36.0 Å². The first kappa shape index (κ1) is 13.8. The van der Waals surface area contributed by atoms with Crippen LogP contribution in [0.2, 0.25) is 0 Å². The van der Waals surface area contributed by atoms with Gasteiger partial charge in [-0.3, -0.25) is 9.59 Å². The maximum Gasteiger partial charge on any atom is 0.290 e. The summed E-state index contributed by atoms with van der Waals surface area (Å²) < 4.78 is 5.63. The molecule has 3 rings (SSSR count). The predicted molar refractivity (Wildman–Crippen MR) is 80.4 cm³/mol. The van der Waals surface area contributed by atoms with Crippen molar-refractivity contribution in [2.75, 3.05) is 13.1 Å². The maximum absolute atomic E-state index is 12.6. The van der Waals surface area contributed by atoms with Gasteiger partial charge in [0.15, 0.2) is 11.2 Å². The van der Waals surface area contributed by atoms with E-state index in [0.717, 1.165) is 6.54 Å². The fraction of sp³-hybridized carbons (Fsp3) is 0.375. The summed E-state index contributed by atoms with van der Waals surface area (Å²) in [7, 11) is 0. The van der Waals surface area contributed by atoms with E-state index in [1.165, 1.54) is 6.07 Å². The Morgan fingerprint density at radius 1 is 1.33 bits per heavy atom. The van der Waals surface area contributed by atoms with Crippen LogP contribution in [0.15, 0.2) is 39.5 Å². The lowest BCUT2D eigenvalue weighted by molar-refractivity contribution is 0.0584. The van der Waals surface area contributed by atoms with E-state index < -0.39 is 0 Å². The molecule has 0 aliphatic carbocycles. The first-order valence-electron chi connectivity index (χ1n) is 7.13. The molecule has 110 valence electrons. The second-order valence-corrected chi connectivity index (χ2v) is 5.59. The van der Waals surface area contributed by atoms with Gasteiger partial charge in [-0.15, -0.1) is 0 Å². The fourth-order valence-electron chi connectivity index (χ4n) is 2.66. The van der Waals surface area contributed by atoms with Crippen molar-refractivity contribution in [2.45, 2.75) is 25.9 Å². The number of benzene rings is 1. The monoisotopic (exact) mass is 286 g/mol. The van der Waals surface area contributed by atoms with Crippen LogP contribution in [0.25, 0.3) is 11.0 Å². The molecule has 5 nitrogen and oxygen atoms in total. The smallest absolute Gasteiger partial charge is 0.290 e. The molecule has 1 aliphatic rings. The number of carbonyl (C=O) groups is 1. The SMILES string of the molecule is CC1CN(C(=O)c2cc(=O)c3ccccc3o2)C(C)CN1. The molecule has 0 spiro atoms. The van der Waals surface area contributed by atoms with Gasteiger partial charge in [0.1, 0.15) is 5.58 Å². The Morgan fingerprint density at radius 3 is 2.90 bits per heavy atom. The predicted octanol–water partition coefficient (Wildman–Crippen LogP) is 1.62. The van der Waals surface area contributed by atoms with Gasteiger partial charge in [0.05, 0.1) is 5.39 Å². The minimum atomic E-state index is -0.223. The first-order chi connectivity index (χ1) is 10.1. The maximum atomic E-state index is 12.6. The molecular formula is C16H18N2O3. The molecule has 1 aromatic heterocycles. The van der Waals surface area contributed by atoms with Gasteiger partial charge in [-0.1, -0.05) is 12.1 Å². The number of hydrogen-bond acceptors (Lipinski definition) is 4. The van der Waals surface area contributed by atoms with Crippen LogP contribution in [0.4, 0.5) is 0 Å². The molecule has 2 aromatic rings. The van der Waals surface area contributed by atoms with E-state index in [0.29, 0.717) is 17.5 Å². The van der Waals surface area contributed by atoms with Crippen LogP contribution in [-0.2, 0) is 0 Å². The molecule has 1 aromatic carbocycles. The van der Waals surface area contributed by atoms with Crippen molar-refractivity contribution in [3.63, 3.8) is 0 Å². The summed E-state index contributed by atoms with van der Waals surface area (Å²) in [5.41, 5.74) is 0.264. The number of carbonyl (C=O) groups excluding carboxylic acids is 1. The third kappa shape index (κ3) is 2.56. The molecule has 1 saturated heterocycles. The Kier molecular flexibility index (Phi) is 3.51. The van der Waals surface area contributed by atoms with Gasteiger partial charge in [-0.25, -0.2) is 0 Å². The van der Waals surface area contributed by atoms with Crippen LogP contribution >= 0.6 is 0 Å². The van der Waals surface area contributed by atoms with Crippen molar-refractivity contribution in [3.8, 4) is 0 Å². The van der Waals surface area contributed by atoms with E-state index in [9.17, 15) is 9.59 Å². The number of para-hydroxylation sites is 1. The molecular weight excluding hydrogens is 268 g/mol. The Bertz CT molecular complexity index is 738. The van der Waals surface area contributed by atoms with E-state index in [-0.39, 0.29) is 29.2 Å². The highest BCUT2D eigenvalue weighted by Gasteiger charge is 2.29. The van der Waals surface area contributed by atoms with Crippen molar-refractivity contribution >= 4 is 16.9 Å². The molecule has 0 bridgehead atoms. The molecule has 1 N–H and O–H groups in total. The average molecular weight is 286 g/mol. The van der Waals surface area contributed by atoms with Crippen molar-refractivity contribution in [1.29, 1.82) is 0 Å². The summed E-state index contributed by atoms with van der Waals surface area (Å²) >= 11 is 0. The van der Waals surface area contributed by atoms with E-state index in [2.05, 4.69) is 5.32 Å². The molecule has 0 radical (unpaired) electrons. The zero-order valence-corrected chi connectivity index (χ0v) is 12.1. The number of piperazine rings is 1. The summed E-state index contributed by atoms with van der Waals surface area (Å²) in [6.45, 7) is 5.36. The zero-order chi connectivity index (χ0) is 15.0. The second-order valence-electron chi connectivity index (χ2n) is 5.59. The highest BCUT2D eigenvalue weighted by atomic mass is 16.3. The molecule has 5 heteroatoms. The summed E-state index contributed by atoms with van der Waals surface area (Å²) in [5, 5.41) is 3.82. The van der Waals surface area contributed by atoms with Crippen molar-refractivity contribution in [3.05, 3.63) is 46.3 Å². The Labute approximate surface area is 122 Å². The molecule has 2 unspecified atom stereocenters. The number of hydrogen-bond donors (Lipinski definition) is 1. The first-order valence-corrected chi connectivity index (χ1v) is 7.13. The molecule has 1 amide bonds. The van der Waals surface area contributed by atoms with Crippen molar-refractivity contribution < 1.29 is 9.21 Å². The quantitative estimate of drug-likeness (QED) is 0.865. The highest BCUT2D eigenvalue weighted by molar-refractivity contribution is 5.93. The average Bonchev–Trinajstić information content (AvgIpc) is 2.49. The zero-order valence-electron chi connectivity index (χ0n) is 12.1. The van der Waals surface area contributed by atoms with Crippen LogP contribution in [0, 0.1) is 0 Å². The van der Waals surface area contributed by atoms with E-state index in [1.54, 1.807) is 29.2 Å². The van der Waals surface area contributed by atoms with Crippen molar-refractivity contribution in [1.82, 2.24) is 10.2 Å². The van der Waals surface area contributed by atoms with Crippen LogP contribution in [0.5, 0.6) is 0 Å². The minimum absolute atomic E-state index is 0.0745. The van der Waals surface area contributed by atoms with Gasteiger partial charge in [-0.05, 0) is 26.0 Å². The topological polar surface area (TPSA) is 62.6 Å². The number of fused-ring (bicyclic) bond motifs is 1. The lowest BCUT2D eigenvalue weighted by Gasteiger charge is -2.37. The lowest BCUT2D eigenvalue weighted by Crippen LogP contribution is -2.56. The van der Waals surface area contributed by atoms with Crippen LogP contribution < -0.4 is 10.7 Å². The summed E-state index contributed by atoms with van der Waals surface area (Å²) in [6.07, 6.45) is 0. The molecule has 0 saturated carbocycles. The van der Waals surface area contributed by atoms with E-state index in [4.69, 9.17) is 4.42 Å². The normalized spacial score (nSPS) is 22.5. The molecule has 2 atom stereocenters. The Balaban J connectivity index is 1.99. The van der Waals surface area contributed by atoms with Gasteiger partial charge >= 0.3 is 0 Å². The van der Waals surface area contributed by atoms with Gasteiger partial charge in [0.25, 0.3) is 5.91 Å².